The third kappa shape index (κ3) is 7.84. The summed E-state index contributed by atoms with van der Waals surface area (Å²) in [6, 6.07) is 0. The molecule has 4 aliphatic carbocycles. The van der Waals surface area contributed by atoms with Gasteiger partial charge in [-0.2, -0.15) is 0 Å². The number of allylic oxidation sites excluding steroid dienone is 1. The first-order chi connectivity index (χ1) is 26.4. The van der Waals surface area contributed by atoms with Crippen LogP contribution in [0.4, 0.5) is 0 Å². The van der Waals surface area contributed by atoms with Crippen molar-refractivity contribution in [3.63, 3.8) is 0 Å². The van der Waals surface area contributed by atoms with Crippen molar-refractivity contribution in [2.45, 2.75) is 172 Å². The number of aliphatic hydroxyl groups excluding tert-OH is 8. The summed E-state index contributed by atoms with van der Waals surface area (Å²) >= 11 is 0. The monoisotopic (exact) mass is 798 g/mol. The van der Waals surface area contributed by atoms with Gasteiger partial charge in [0.2, 0.25) is 0 Å². The summed E-state index contributed by atoms with van der Waals surface area (Å²) in [4.78, 5) is 0. The Hall–Kier alpha value is -1.08. The summed E-state index contributed by atoms with van der Waals surface area (Å²) < 4.78 is 36.2. The van der Waals surface area contributed by atoms with E-state index in [2.05, 4.69) is 41.2 Å². The molecule has 6 rings (SSSR count). The van der Waals surface area contributed by atoms with Crippen molar-refractivity contribution in [1.82, 2.24) is 0 Å². The van der Waals surface area contributed by atoms with E-state index in [4.69, 9.17) is 28.4 Å². The van der Waals surface area contributed by atoms with Gasteiger partial charge in [0.25, 0.3) is 0 Å². The fourth-order valence-corrected chi connectivity index (χ4v) is 11.8. The second kappa shape index (κ2) is 17.5. The molecule has 14 nitrogen and oxygen atoms in total. The molecule has 0 amide bonds. The van der Waals surface area contributed by atoms with Crippen LogP contribution in [0.2, 0.25) is 0 Å². The molecule has 56 heavy (non-hydrogen) atoms. The number of hydrogen-bond acceptors (Lipinski definition) is 14. The average molecular weight is 799 g/mol. The van der Waals surface area contributed by atoms with E-state index in [0.717, 1.165) is 42.4 Å². The Kier molecular flexibility index (Phi) is 13.9. The molecule has 0 radical (unpaired) electrons. The Morgan fingerprint density at radius 3 is 2.20 bits per heavy atom. The first-order valence-corrected chi connectivity index (χ1v) is 20.8. The van der Waals surface area contributed by atoms with Crippen molar-refractivity contribution in [2.75, 3.05) is 27.4 Å². The molecule has 2 unspecified atom stereocenters. The van der Waals surface area contributed by atoms with Crippen LogP contribution in [0.1, 0.15) is 86.0 Å². The van der Waals surface area contributed by atoms with Gasteiger partial charge >= 0.3 is 0 Å². The van der Waals surface area contributed by atoms with Crippen molar-refractivity contribution < 1.29 is 69.3 Å². The summed E-state index contributed by atoms with van der Waals surface area (Å²) in [5.74, 6) is 0.000985. The Bertz CT molecular complexity index is 1390. The smallest absolute Gasteiger partial charge is 0.187 e. The molecule has 2 saturated heterocycles. The molecule has 6 aliphatic rings. The van der Waals surface area contributed by atoms with Gasteiger partial charge in [0.05, 0.1) is 31.5 Å². The van der Waals surface area contributed by atoms with Crippen LogP contribution in [0.3, 0.4) is 0 Å². The van der Waals surface area contributed by atoms with Crippen molar-refractivity contribution in [3.05, 3.63) is 23.3 Å². The molecule has 3 saturated carbocycles. The molecule has 0 spiro atoms. The van der Waals surface area contributed by atoms with Crippen LogP contribution < -0.4 is 0 Å². The Morgan fingerprint density at radius 1 is 0.875 bits per heavy atom. The summed E-state index contributed by atoms with van der Waals surface area (Å²) in [6.07, 6.45) is -10.0. The average Bonchev–Trinajstić information content (AvgIpc) is 3.75. The lowest BCUT2D eigenvalue weighted by Crippen LogP contribution is -2.60. The molecule has 8 N–H and O–H groups in total. The minimum atomic E-state index is -1.41. The van der Waals surface area contributed by atoms with Gasteiger partial charge in [-0.05, 0) is 97.4 Å². The fourth-order valence-electron chi connectivity index (χ4n) is 11.8. The number of fused-ring (bicyclic) bond motifs is 4. The van der Waals surface area contributed by atoms with E-state index < -0.39 is 97.8 Å². The summed E-state index contributed by atoms with van der Waals surface area (Å²) in [7, 11) is 2.82. The van der Waals surface area contributed by atoms with Crippen LogP contribution in [-0.2, 0) is 28.4 Å². The van der Waals surface area contributed by atoms with Crippen molar-refractivity contribution in [3.8, 4) is 0 Å². The highest BCUT2D eigenvalue weighted by atomic mass is 16.7. The van der Waals surface area contributed by atoms with Gasteiger partial charge in [-0.15, -0.1) is 0 Å². The molecule has 2 aliphatic heterocycles. The van der Waals surface area contributed by atoms with Crippen LogP contribution in [-0.4, -0.2) is 154 Å². The van der Waals surface area contributed by atoms with E-state index in [1.807, 2.05) is 0 Å². The maximum Gasteiger partial charge on any atom is 0.187 e. The minimum absolute atomic E-state index is 0.0359. The SMILES string of the molecule is C=C(CC[C@@H](C)[C@H]1[C@H](O[C@@H]2O[C@@H](C(O)COC)[C@H](O)[C@H]2O)CC2=C3[C@@H](O[C@@H]4O[C@@H](C(O)CO)[C@H](OC)[C@H]4O)[C@@H](O)[C@H]4C[C@H](O)CC[C@]4(C)[C@H]3CC[C@@]21C)C(C)C. The molecule has 2 heterocycles. The van der Waals surface area contributed by atoms with E-state index in [1.54, 1.807) is 0 Å². The fraction of sp³-hybridized carbons (Fsp3) is 0.905. The molecule has 0 bridgehead atoms. The van der Waals surface area contributed by atoms with Gasteiger partial charge in [-0.3, -0.25) is 0 Å². The zero-order valence-corrected chi connectivity index (χ0v) is 34.3. The highest BCUT2D eigenvalue weighted by Crippen LogP contribution is 2.67. The van der Waals surface area contributed by atoms with E-state index >= 15 is 0 Å². The lowest BCUT2D eigenvalue weighted by Gasteiger charge is -2.60. The largest absolute Gasteiger partial charge is 0.394 e. The maximum absolute atomic E-state index is 12.5. The number of methoxy groups -OCH3 is 2. The van der Waals surface area contributed by atoms with Crippen molar-refractivity contribution in [1.29, 1.82) is 0 Å². The van der Waals surface area contributed by atoms with Gasteiger partial charge in [-0.25, -0.2) is 0 Å². The highest BCUT2D eigenvalue weighted by molar-refractivity contribution is 5.40. The van der Waals surface area contributed by atoms with E-state index in [1.165, 1.54) is 14.2 Å². The zero-order chi connectivity index (χ0) is 41.0. The third-order valence-electron chi connectivity index (χ3n) is 15.1. The zero-order valence-electron chi connectivity index (χ0n) is 34.3. The molecule has 14 heteroatoms. The summed E-state index contributed by atoms with van der Waals surface area (Å²) in [5, 5.41) is 87.9. The number of rotatable bonds is 15. The molecule has 0 aromatic carbocycles. The maximum atomic E-state index is 12.5. The number of hydrogen-bond donors (Lipinski definition) is 8. The molecule has 322 valence electrons. The van der Waals surface area contributed by atoms with Crippen LogP contribution in [0.5, 0.6) is 0 Å². The van der Waals surface area contributed by atoms with Gasteiger partial charge in [-0.1, -0.05) is 52.3 Å². The van der Waals surface area contributed by atoms with E-state index in [9.17, 15) is 40.9 Å². The van der Waals surface area contributed by atoms with Gasteiger partial charge in [0, 0.05) is 14.2 Å². The molecule has 0 aromatic heterocycles. The van der Waals surface area contributed by atoms with E-state index in [-0.39, 0.29) is 35.7 Å². The topological polar surface area (TPSA) is 217 Å². The predicted molar refractivity (Wildman–Crippen MR) is 203 cm³/mol. The second-order valence-electron chi connectivity index (χ2n) is 18.6. The number of ether oxygens (including phenoxy) is 6. The Morgan fingerprint density at radius 2 is 1.55 bits per heavy atom. The molecule has 0 aromatic rings. The minimum Gasteiger partial charge on any atom is -0.394 e. The van der Waals surface area contributed by atoms with Crippen LogP contribution in [0.15, 0.2) is 23.3 Å². The highest BCUT2D eigenvalue weighted by Gasteiger charge is 2.64. The first kappa shape index (κ1) is 44.5. The van der Waals surface area contributed by atoms with Crippen LogP contribution in [0, 0.1) is 40.4 Å². The molecular weight excluding hydrogens is 728 g/mol. The van der Waals surface area contributed by atoms with Crippen LogP contribution in [0.25, 0.3) is 0 Å². The van der Waals surface area contributed by atoms with Gasteiger partial charge in [0.15, 0.2) is 12.6 Å². The normalized spacial score (nSPS) is 46.8. The Balaban J connectivity index is 1.42. The van der Waals surface area contributed by atoms with Crippen molar-refractivity contribution in [2.24, 2.45) is 40.4 Å². The lowest BCUT2D eigenvalue weighted by atomic mass is 9.47. The Labute approximate surface area is 331 Å². The lowest BCUT2D eigenvalue weighted by molar-refractivity contribution is -0.236. The van der Waals surface area contributed by atoms with Gasteiger partial charge < -0.3 is 69.3 Å². The van der Waals surface area contributed by atoms with E-state index in [0.29, 0.717) is 31.6 Å². The first-order valence-electron chi connectivity index (χ1n) is 20.8. The molecular formula is C42H70O14. The van der Waals surface area contributed by atoms with Gasteiger partial charge in [0.1, 0.15) is 54.9 Å². The third-order valence-corrected chi connectivity index (χ3v) is 15.1. The quantitative estimate of drug-likeness (QED) is 0.111. The molecule has 5 fully saturated rings. The predicted octanol–water partition coefficient (Wildman–Crippen LogP) is 1.57. The second-order valence-corrected chi connectivity index (χ2v) is 18.6. The summed E-state index contributed by atoms with van der Waals surface area (Å²) in [5.41, 5.74) is 2.36. The van der Waals surface area contributed by atoms with Crippen molar-refractivity contribution >= 4 is 0 Å². The summed E-state index contributed by atoms with van der Waals surface area (Å²) in [6.45, 7) is 14.6. The van der Waals surface area contributed by atoms with Crippen LogP contribution >= 0.6 is 0 Å². The standard InChI is InChI=1S/C42H70O14/c1-19(2)20(3)9-10-21(4)30-28(53-39-33(49)32(48)35(54-39)27(46)18-51-7)16-24-29-23(12-14-42(24,30)6)41(5)13-11-22(44)15-25(41)31(47)37(29)56-40-34(50)38(52-8)36(55-40)26(45)17-43/h19,21-23,25-28,30-40,43-50H,3,9-18H2,1-2,4-8H3/t21-,22-,23+,25-,26?,27?,28-,30+,31+,32-,33-,34-,35+,36+,37-,38-,39-,40+,41-,42+/m1/s1. The number of aliphatic hydroxyl groups is 8. The molecule has 20 atom stereocenters.